The van der Waals surface area contributed by atoms with E-state index < -0.39 is 0 Å². The first-order valence-corrected chi connectivity index (χ1v) is 6.59. The van der Waals surface area contributed by atoms with Crippen molar-refractivity contribution in [3.8, 4) is 0 Å². The lowest BCUT2D eigenvalue weighted by Crippen LogP contribution is -2.21. The van der Waals surface area contributed by atoms with Gasteiger partial charge in [-0.2, -0.15) is 0 Å². The molecule has 1 aromatic carbocycles. The topological polar surface area (TPSA) is 37.8 Å². The standard InChI is InChI=1S/C11H9IN2OS/c12-6-1-4-9-8(5-6)10(15)14(7-2-3-7)11(16)13-9/h1,4-5,7H,2-3H2,(H,13,16). The van der Waals surface area contributed by atoms with Crippen LogP contribution in [0.4, 0.5) is 0 Å². The highest BCUT2D eigenvalue weighted by Gasteiger charge is 2.26. The van der Waals surface area contributed by atoms with Crippen molar-refractivity contribution in [2.45, 2.75) is 18.9 Å². The van der Waals surface area contributed by atoms with Crippen LogP contribution in [0, 0.1) is 8.34 Å². The number of rotatable bonds is 1. The van der Waals surface area contributed by atoms with Gasteiger partial charge in [0.05, 0.1) is 10.9 Å². The monoisotopic (exact) mass is 344 g/mol. The second-order valence-electron chi connectivity index (χ2n) is 4.03. The number of fused-ring (bicyclic) bond motifs is 1. The summed E-state index contributed by atoms with van der Waals surface area (Å²) in [5.41, 5.74) is 0.868. The fourth-order valence-corrected chi connectivity index (χ4v) is 2.70. The summed E-state index contributed by atoms with van der Waals surface area (Å²) >= 11 is 7.43. The van der Waals surface area contributed by atoms with Gasteiger partial charge in [0, 0.05) is 9.61 Å². The Kier molecular flexibility index (Phi) is 2.39. The van der Waals surface area contributed by atoms with Gasteiger partial charge in [-0.05, 0) is 65.8 Å². The van der Waals surface area contributed by atoms with Crippen molar-refractivity contribution in [2.75, 3.05) is 0 Å². The predicted octanol–water partition coefficient (Wildman–Crippen LogP) is 3.00. The van der Waals surface area contributed by atoms with Crippen LogP contribution in [0.2, 0.25) is 0 Å². The van der Waals surface area contributed by atoms with Crippen molar-refractivity contribution in [3.63, 3.8) is 0 Å². The van der Waals surface area contributed by atoms with E-state index in [2.05, 4.69) is 27.6 Å². The van der Waals surface area contributed by atoms with Crippen LogP contribution >= 0.6 is 34.8 Å². The van der Waals surface area contributed by atoms with Gasteiger partial charge in [0.2, 0.25) is 0 Å². The zero-order valence-electron chi connectivity index (χ0n) is 8.37. The Balaban J connectivity index is 2.45. The van der Waals surface area contributed by atoms with E-state index >= 15 is 0 Å². The third kappa shape index (κ3) is 1.62. The molecule has 82 valence electrons. The summed E-state index contributed by atoms with van der Waals surface area (Å²) < 4.78 is 3.32. The SMILES string of the molecule is O=c1c2cc(I)ccc2[nH]c(=S)n1C1CC1. The molecule has 0 aliphatic heterocycles. The molecule has 0 saturated heterocycles. The zero-order chi connectivity index (χ0) is 11.3. The number of halogens is 1. The van der Waals surface area contributed by atoms with Crippen LogP contribution in [0.15, 0.2) is 23.0 Å². The predicted molar refractivity (Wildman–Crippen MR) is 74.4 cm³/mol. The first-order valence-electron chi connectivity index (χ1n) is 5.11. The molecule has 0 spiro atoms. The highest BCUT2D eigenvalue weighted by Crippen LogP contribution is 2.33. The van der Waals surface area contributed by atoms with Gasteiger partial charge < -0.3 is 4.98 Å². The summed E-state index contributed by atoms with van der Waals surface area (Å²) in [7, 11) is 0. The van der Waals surface area contributed by atoms with E-state index in [1.807, 2.05) is 18.2 Å². The fourth-order valence-electron chi connectivity index (χ4n) is 1.86. The van der Waals surface area contributed by atoms with E-state index in [0.717, 1.165) is 27.3 Å². The van der Waals surface area contributed by atoms with Gasteiger partial charge >= 0.3 is 0 Å². The molecule has 3 nitrogen and oxygen atoms in total. The highest BCUT2D eigenvalue weighted by molar-refractivity contribution is 14.1. The zero-order valence-corrected chi connectivity index (χ0v) is 11.3. The lowest BCUT2D eigenvalue weighted by Gasteiger charge is -2.06. The average molecular weight is 344 g/mol. The number of nitrogens with zero attached hydrogens (tertiary/aromatic N) is 1. The molecule has 1 aliphatic carbocycles. The molecule has 1 N–H and O–H groups in total. The van der Waals surface area contributed by atoms with Crippen LogP contribution in [0.1, 0.15) is 18.9 Å². The third-order valence-electron chi connectivity index (χ3n) is 2.80. The van der Waals surface area contributed by atoms with Crippen LogP contribution in [0.5, 0.6) is 0 Å². The first kappa shape index (κ1) is 10.5. The maximum Gasteiger partial charge on any atom is 0.262 e. The molecule has 0 bridgehead atoms. The van der Waals surface area contributed by atoms with Crippen LogP contribution in [-0.2, 0) is 0 Å². The number of nitrogens with one attached hydrogen (secondary N) is 1. The number of H-pyrrole nitrogens is 1. The average Bonchev–Trinajstić information content (AvgIpc) is 3.04. The molecule has 16 heavy (non-hydrogen) atoms. The Morgan fingerprint density at radius 3 is 2.88 bits per heavy atom. The molecular weight excluding hydrogens is 335 g/mol. The molecule has 1 fully saturated rings. The van der Waals surface area contributed by atoms with E-state index in [-0.39, 0.29) is 5.56 Å². The van der Waals surface area contributed by atoms with Crippen LogP contribution in [0.25, 0.3) is 10.9 Å². The second-order valence-corrected chi connectivity index (χ2v) is 5.66. The molecule has 1 aliphatic rings. The van der Waals surface area contributed by atoms with E-state index in [1.165, 1.54) is 0 Å². The van der Waals surface area contributed by atoms with E-state index in [4.69, 9.17) is 12.2 Å². The third-order valence-corrected chi connectivity index (χ3v) is 3.77. The highest BCUT2D eigenvalue weighted by atomic mass is 127. The van der Waals surface area contributed by atoms with Gasteiger partial charge in [-0.3, -0.25) is 9.36 Å². The summed E-state index contributed by atoms with van der Waals surface area (Å²) in [6.07, 6.45) is 2.12. The van der Waals surface area contributed by atoms with E-state index in [0.29, 0.717) is 10.8 Å². The second kappa shape index (κ2) is 3.66. The smallest absolute Gasteiger partial charge is 0.262 e. The minimum Gasteiger partial charge on any atom is -0.332 e. The Hall–Kier alpha value is -0.690. The number of benzene rings is 1. The van der Waals surface area contributed by atoms with Crippen LogP contribution < -0.4 is 5.56 Å². The Morgan fingerprint density at radius 1 is 1.44 bits per heavy atom. The van der Waals surface area contributed by atoms with Crippen molar-refractivity contribution >= 4 is 45.7 Å². The van der Waals surface area contributed by atoms with Crippen LogP contribution in [0.3, 0.4) is 0 Å². The molecule has 3 rings (SSSR count). The summed E-state index contributed by atoms with van der Waals surface area (Å²) in [5, 5.41) is 0.729. The summed E-state index contributed by atoms with van der Waals surface area (Å²) in [5.74, 6) is 0. The molecule has 0 amide bonds. The van der Waals surface area contributed by atoms with Gasteiger partial charge in [0.15, 0.2) is 4.77 Å². The van der Waals surface area contributed by atoms with Crippen molar-refractivity contribution in [1.29, 1.82) is 0 Å². The summed E-state index contributed by atoms with van der Waals surface area (Å²) in [6.45, 7) is 0. The molecule has 1 saturated carbocycles. The number of hydrogen-bond donors (Lipinski definition) is 1. The minimum absolute atomic E-state index is 0.0415. The van der Waals surface area contributed by atoms with Crippen molar-refractivity contribution < 1.29 is 0 Å². The molecular formula is C11H9IN2OS. The largest absolute Gasteiger partial charge is 0.332 e. The van der Waals surface area contributed by atoms with E-state index in [9.17, 15) is 4.79 Å². The lowest BCUT2D eigenvalue weighted by molar-refractivity contribution is 0.686. The number of aromatic amines is 1. The van der Waals surface area contributed by atoms with E-state index in [1.54, 1.807) is 4.57 Å². The molecule has 1 heterocycles. The fraction of sp³-hybridized carbons (Fsp3) is 0.273. The molecule has 0 radical (unpaired) electrons. The molecule has 0 atom stereocenters. The van der Waals surface area contributed by atoms with Crippen molar-refractivity contribution in [1.82, 2.24) is 9.55 Å². The Bertz CT molecular complexity index is 684. The summed E-state index contributed by atoms with van der Waals surface area (Å²) in [6, 6.07) is 6.10. The lowest BCUT2D eigenvalue weighted by atomic mass is 10.2. The Labute approximate surface area is 111 Å². The Morgan fingerprint density at radius 2 is 2.19 bits per heavy atom. The molecule has 1 aromatic heterocycles. The van der Waals surface area contributed by atoms with Gasteiger partial charge in [0.1, 0.15) is 0 Å². The quantitative estimate of drug-likeness (QED) is 0.638. The maximum atomic E-state index is 12.3. The van der Waals surface area contributed by atoms with Gasteiger partial charge in [-0.15, -0.1) is 0 Å². The van der Waals surface area contributed by atoms with Gasteiger partial charge in [-0.1, -0.05) is 0 Å². The van der Waals surface area contributed by atoms with Gasteiger partial charge in [-0.25, -0.2) is 0 Å². The molecule has 5 heteroatoms. The number of hydrogen-bond acceptors (Lipinski definition) is 2. The molecule has 2 aromatic rings. The maximum absolute atomic E-state index is 12.3. The van der Waals surface area contributed by atoms with Crippen LogP contribution in [-0.4, -0.2) is 9.55 Å². The first-order chi connectivity index (χ1) is 7.66. The number of aromatic nitrogens is 2. The van der Waals surface area contributed by atoms with Gasteiger partial charge in [0.25, 0.3) is 5.56 Å². The van der Waals surface area contributed by atoms with Crippen molar-refractivity contribution in [3.05, 3.63) is 36.9 Å². The summed E-state index contributed by atoms with van der Waals surface area (Å²) in [4.78, 5) is 15.4. The molecule has 0 unspecified atom stereocenters. The normalized spacial score (nSPS) is 15.6. The minimum atomic E-state index is 0.0415. The van der Waals surface area contributed by atoms with Crippen molar-refractivity contribution in [2.24, 2.45) is 0 Å².